The van der Waals surface area contributed by atoms with E-state index in [-0.39, 0.29) is 0 Å². The molecule has 0 unspecified atom stereocenters. The standard InChI is InChI=1S/C18H26N2O8/c1-9(2)14(23)27-13-11(8-21)26-16(18(13,5)28-15(24)10(3)4)20-7-6-12(22)19-17(20)25/h6-7,9-11,13,16,21H,8H2,1-5H3,(H,19,22,25)/t11-,13-,16-,18-/m1/s1. The number of nitrogens with zero attached hydrogens (tertiary/aromatic N) is 1. The molecule has 1 fully saturated rings. The van der Waals surface area contributed by atoms with Gasteiger partial charge in [-0.3, -0.25) is 23.9 Å². The maximum atomic E-state index is 12.4. The summed E-state index contributed by atoms with van der Waals surface area (Å²) < 4.78 is 17.9. The fourth-order valence-electron chi connectivity index (χ4n) is 2.87. The molecule has 10 heteroatoms. The maximum absolute atomic E-state index is 12.4. The van der Waals surface area contributed by atoms with E-state index >= 15 is 0 Å². The van der Waals surface area contributed by atoms with Gasteiger partial charge in [-0.15, -0.1) is 0 Å². The van der Waals surface area contributed by atoms with E-state index in [0.29, 0.717) is 0 Å². The molecular weight excluding hydrogens is 372 g/mol. The minimum atomic E-state index is -1.62. The van der Waals surface area contributed by atoms with Crippen molar-refractivity contribution in [2.45, 2.75) is 58.7 Å². The number of esters is 2. The van der Waals surface area contributed by atoms with Crippen molar-refractivity contribution in [3.63, 3.8) is 0 Å². The van der Waals surface area contributed by atoms with Gasteiger partial charge in [0.05, 0.1) is 18.4 Å². The van der Waals surface area contributed by atoms with Crippen LogP contribution in [-0.4, -0.2) is 51.0 Å². The Morgan fingerprint density at radius 1 is 1.25 bits per heavy atom. The van der Waals surface area contributed by atoms with Crippen LogP contribution in [0.1, 0.15) is 40.8 Å². The molecule has 2 rings (SSSR count). The summed E-state index contributed by atoms with van der Waals surface area (Å²) in [6.45, 7) is 7.44. The van der Waals surface area contributed by atoms with E-state index in [9.17, 15) is 24.3 Å². The maximum Gasteiger partial charge on any atom is 0.330 e. The molecule has 1 aromatic heterocycles. The summed E-state index contributed by atoms with van der Waals surface area (Å²) in [5, 5.41) is 9.74. The molecule has 4 atom stereocenters. The number of carbonyl (C=O) groups excluding carboxylic acids is 2. The van der Waals surface area contributed by atoms with Crippen molar-refractivity contribution < 1.29 is 28.9 Å². The van der Waals surface area contributed by atoms with Crippen LogP contribution in [0.25, 0.3) is 0 Å². The molecule has 0 aliphatic carbocycles. The number of aromatic amines is 1. The highest BCUT2D eigenvalue weighted by atomic mass is 16.7. The molecule has 1 aliphatic heterocycles. The monoisotopic (exact) mass is 398 g/mol. The van der Waals surface area contributed by atoms with Gasteiger partial charge in [0, 0.05) is 12.3 Å². The number of H-pyrrole nitrogens is 1. The molecule has 1 aliphatic rings. The number of carbonyl (C=O) groups is 2. The fourth-order valence-corrected chi connectivity index (χ4v) is 2.87. The minimum Gasteiger partial charge on any atom is -0.455 e. The Bertz CT molecular complexity index is 842. The average Bonchev–Trinajstić information content (AvgIpc) is 2.87. The summed E-state index contributed by atoms with van der Waals surface area (Å²) in [5.74, 6) is -2.15. The van der Waals surface area contributed by atoms with Crippen LogP contribution in [0.4, 0.5) is 0 Å². The van der Waals surface area contributed by atoms with E-state index < -0.39 is 65.7 Å². The van der Waals surface area contributed by atoms with Gasteiger partial charge in [-0.05, 0) is 6.92 Å². The molecule has 2 N–H and O–H groups in total. The van der Waals surface area contributed by atoms with Crippen LogP contribution in [0.3, 0.4) is 0 Å². The lowest BCUT2D eigenvalue weighted by molar-refractivity contribution is -0.191. The zero-order valence-electron chi connectivity index (χ0n) is 16.5. The van der Waals surface area contributed by atoms with Crippen LogP contribution in [0.2, 0.25) is 0 Å². The van der Waals surface area contributed by atoms with E-state index in [0.717, 1.165) is 10.6 Å². The number of hydrogen-bond acceptors (Lipinski definition) is 8. The normalized spacial score (nSPS) is 27.2. The Balaban J connectivity index is 2.55. The van der Waals surface area contributed by atoms with Crippen LogP contribution in [0, 0.1) is 11.8 Å². The molecule has 0 amide bonds. The quantitative estimate of drug-likeness (QED) is 0.637. The topological polar surface area (TPSA) is 137 Å². The first-order valence-electron chi connectivity index (χ1n) is 9.02. The van der Waals surface area contributed by atoms with Gasteiger partial charge in [-0.2, -0.15) is 0 Å². The Hall–Kier alpha value is -2.46. The summed E-state index contributed by atoms with van der Waals surface area (Å²) in [6, 6.07) is 1.11. The van der Waals surface area contributed by atoms with Gasteiger partial charge >= 0.3 is 17.6 Å². The highest BCUT2D eigenvalue weighted by Gasteiger charge is 2.60. The lowest BCUT2D eigenvalue weighted by Crippen LogP contribution is -2.52. The van der Waals surface area contributed by atoms with E-state index in [2.05, 4.69) is 4.98 Å². The first-order chi connectivity index (χ1) is 13.0. The number of aromatic nitrogens is 2. The second kappa shape index (κ2) is 8.27. The second-order valence-electron chi connectivity index (χ2n) is 7.50. The summed E-state index contributed by atoms with van der Waals surface area (Å²) in [4.78, 5) is 50.3. The summed E-state index contributed by atoms with van der Waals surface area (Å²) in [6.07, 6.45) is -2.26. The molecule has 0 radical (unpaired) electrons. The van der Waals surface area contributed by atoms with Crippen molar-refractivity contribution >= 4 is 11.9 Å². The Labute approximate surface area is 161 Å². The second-order valence-corrected chi connectivity index (χ2v) is 7.50. The first kappa shape index (κ1) is 21.8. The van der Waals surface area contributed by atoms with E-state index in [1.165, 1.54) is 13.1 Å². The molecule has 1 aromatic rings. The predicted octanol–water partition coefficient (Wildman–Crippen LogP) is -0.0480. The van der Waals surface area contributed by atoms with Gasteiger partial charge in [-0.25, -0.2) is 4.79 Å². The molecule has 0 bridgehead atoms. The average molecular weight is 398 g/mol. The van der Waals surface area contributed by atoms with Gasteiger partial charge in [0.25, 0.3) is 5.56 Å². The van der Waals surface area contributed by atoms with Crippen LogP contribution < -0.4 is 11.2 Å². The highest BCUT2D eigenvalue weighted by Crippen LogP contribution is 2.42. The molecule has 10 nitrogen and oxygen atoms in total. The zero-order valence-corrected chi connectivity index (χ0v) is 16.5. The molecule has 0 spiro atoms. The molecule has 0 aromatic carbocycles. The SMILES string of the molecule is CC(C)C(=O)O[C@@H]1[C@@H](CO)O[C@@H](n2ccc(=O)[nH]c2=O)[C@]1(C)OC(=O)C(C)C. The van der Waals surface area contributed by atoms with Crippen LogP contribution in [-0.2, 0) is 23.8 Å². The van der Waals surface area contributed by atoms with Crippen molar-refractivity contribution in [1.82, 2.24) is 9.55 Å². The summed E-state index contributed by atoms with van der Waals surface area (Å²) >= 11 is 0. The van der Waals surface area contributed by atoms with Crippen LogP contribution >= 0.6 is 0 Å². The molecular formula is C18H26N2O8. The smallest absolute Gasteiger partial charge is 0.330 e. The molecule has 156 valence electrons. The van der Waals surface area contributed by atoms with Gasteiger partial charge in [-0.1, -0.05) is 27.7 Å². The largest absolute Gasteiger partial charge is 0.455 e. The molecule has 1 saturated heterocycles. The molecule has 2 heterocycles. The molecule has 0 saturated carbocycles. The Morgan fingerprint density at radius 3 is 2.36 bits per heavy atom. The Kier molecular flexibility index (Phi) is 6.45. The third-order valence-electron chi connectivity index (χ3n) is 4.49. The van der Waals surface area contributed by atoms with Crippen LogP contribution in [0.15, 0.2) is 21.9 Å². The lowest BCUT2D eigenvalue weighted by atomic mass is 9.95. The third-order valence-corrected chi connectivity index (χ3v) is 4.49. The highest BCUT2D eigenvalue weighted by molar-refractivity contribution is 5.73. The molecule has 28 heavy (non-hydrogen) atoms. The predicted molar refractivity (Wildman–Crippen MR) is 96.4 cm³/mol. The van der Waals surface area contributed by atoms with Crippen molar-refractivity contribution in [2.75, 3.05) is 6.61 Å². The van der Waals surface area contributed by atoms with Crippen LogP contribution in [0.5, 0.6) is 0 Å². The number of hydrogen-bond donors (Lipinski definition) is 2. The van der Waals surface area contributed by atoms with E-state index in [1.807, 2.05) is 0 Å². The van der Waals surface area contributed by atoms with Crippen molar-refractivity contribution in [3.8, 4) is 0 Å². The summed E-state index contributed by atoms with van der Waals surface area (Å²) in [5.41, 5.74) is -3.03. The van der Waals surface area contributed by atoms with E-state index in [4.69, 9.17) is 14.2 Å². The zero-order chi connectivity index (χ0) is 21.2. The number of nitrogens with one attached hydrogen (secondary N) is 1. The van der Waals surface area contributed by atoms with Crippen molar-refractivity contribution in [2.24, 2.45) is 11.8 Å². The van der Waals surface area contributed by atoms with Crippen molar-refractivity contribution in [3.05, 3.63) is 33.1 Å². The minimum absolute atomic E-state index is 0.473. The van der Waals surface area contributed by atoms with E-state index in [1.54, 1.807) is 27.7 Å². The third kappa shape index (κ3) is 4.17. The van der Waals surface area contributed by atoms with Gasteiger partial charge in [0.2, 0.25) is 0 Å². The van der Waals surface area contributed by atoms with Gasteiger partial charge < -0.3 is 19.3 Å². The Morgan fingerprint density at radius 2 is 1.86 bits per heavy atom. The van der Waals surface area contributed by atoms with Gasteiger partial charge in [0.1, 0.15) is 6.10 Å². The van der Waals surface area contributed by atoms with Crippen molar-refractivity contribution in [1.29, 1.82) is 0 Å². The fraction of sp³-hybridized carbons (Fsp3) is 0.667. The number of rotatable bonds is 6. The number of ether oxygens (including phenoxy) is 3. The van der Waals surface area contributed by atoms with Gasteiger partial charge in [0.15, 0.2) is 17.9 Å². The first-order valence-corrected chi connectivity index (χ1v) is 9.02. The summed E-state index contributed by atoms with van der Waals surface area (Å²) in [7, 11) is 0. The lowest BCUT2D eigenvalue weighted by Gasteiger charge is -2.35. The number of aliphatic hydroxyl groups is 1. The number of aliphatic hydroxyl groups excluding tert-OH is 1.